The topological polar surface area (TPSA) is 100 Å². The van der Waals surface area contributed by atoms with Crippen LogP contribution in [0.1, 0.15) is 5.69 Å². The van der Waals surface area contributed by atoms with Gasteiger partial charge in [0, 0.05) is 12.4 Å². The molecule has 14 heavy (non-hydrogen) atoms. The van der Waals surface area contributed by atoms with E-state index in [0.717, 1.165) is 0 Å². The van der Waals surface area contributed by atoms with E-state index in [0.29, 0.717) is 5.69 Å². The Morgan fingerprint density at radius 2 is 2.29 bits per heavy atom. The summed E-state index contributed by atoms with van der Waals surface area (Å²) in [5.41, 5.74) is 0.523. The molecule has 0 unspecified atom stereocenters. The third kappa shape index (κ3) is 2.70. The van der Waals surface area contributed by atoms with Crippen molar-refractivity contribution in [3.05, 3.63) is 40.5 Å². The van der Waals surface area contributed by atoms with Crippen LogP contribution < -0.4 is 0 Å². The van der Waals surface area contributed by atoms with Crippen LogP contribution >= 0.6 is 0 Å². The Balaban J connectivity index is 0.000000165. The first kappa shape index (κ1) is 9.90. The van der Waals surface area contributed by atoms with E-state index in [1.54, 1.807) is 19.3 Å². The second-order valence-electron chi connectivity index (χ2n) is 2.40. The minimum absolute atomic E-state index is 0.0370. The first-order valence-electron chi connectivity index (χ1n) is 3.80. The van der Waals surface area contributed by atoms with E-state index in [1.165, 1.54) is 6.20 Å². The summed E-state index contributed by atoms with van der Waals surface area (Å²) in [7, 11) is 0. The smallest absolute Gasteiger partial charge is 0.286 e. The standard InChI is InChI=1S/C4H5N3O2.C3H4N2/c1-3-4(7(8)9)2-5-6-3;1-2-4-5-3-1/h2H,1H3,(H,5,6);1-3H,(H,4,5). The van der Waals surface area contributed by atoms with Crippen molar-refractivity contribution in [1.82, 2.24) is 20.4 Å². The molecule has 0 amide bonds. The number of aromatic amines is 2. The monoisotopic (exact) mass is 195 g/mol. The Morgan fingerprint density at radius 3 is 2.50 bits per heavy atom. The average molecular weight is 195 g/mol. The van der Waals surface area contributed by atoms with Crippen molar-refractivity contribution in [1.29, 1.82) is 0 Å². The molecule has 0 aromatic carbocycles. The molecule has 7 heteroatoms. The molecule has 7 nitrogen and oxygen atoms in total. The zero-order chi connectivity index (χ0) is 10.4. The molecule has 0 radical (unpaired) electrons. The lowest BCUT2D eigenvalue weighted by atomic mass is 10.4. The van der Waals surface area contributed by atoms with Gasteiger partial charge >= 0.3 is 5.69 Å². The summed E-state index contributed by atoms with van der Waals surface area (Å²) in [6, 6.07) is 1.83. The number of aryl methyl sites for hydroxylation is 1. The zero-order valence-electron chi connectivity index (χ0n) is 7.47. The summed E-state index contributed by atoms with van der Waals surface area (Å²) in [6.07, 6.45) is 4.65. The van der Waals surface area contributed by atoms with Crippen molar-refractivity contribution in [3.8, 4) is 0 Å². The molecule has 0 atom stereocenters. The van der Waals surface area contributed by atoms with E-state index in [1.807, 2.05) is 6.07 Å². The minimum Gasteiger partial charge on any atom is -0.286 e. The van der Waals surface area contributed by atoms with E-state index in [2.05, 4.69) is 20.4 Å². The summed E-state index contributed by atoms with van der Waals surface area (Å²) in [5.74, 6) is 0. The molecule has 0 saturated heterocycles. The number of rotatable bonds is 1. The molecule has 0 saturated carbocycles. The van der Waals surface area contributed by atoms with Crippen molar-refractivity contribution in [3.63, 3.8) is 0 Å². The van der Waals surface area contributed by atoms with Crippen LogP contribution in [0.4, 0.5) is 5.69 Å². The van der Waals surface area contributed by atoms with Gasteiger partial charge in [0.05, 0.1) is 4.92 Å². The normalized spacial score (nSPS) is 8.93. The number of hydrogen-bond donors (Lipinski definition) is 2. The Labute approximate surface area is 79.3 Å². The predicted octanol–water partition coefficient (Wildman–Crippen LogP) is 1.04. The lowest BCUT2D eigenvalue weighted by molar-refractivity contribution is -0.385. The molecular weight excluding hydrogens is 186 g/mol. The molecule has 2 aromatic heterocycles. The summed E-state index contributed by atoms with van der Waals surface area (Å²) < 4.78 is 0. The maximum Gasteiger partial charge on any atom is 0.309 e. The maximum absolute atomic E-state index is 10.0. The van der Waals surface area contributed by atoms with Crippen LogP contribution in [0.15, 0.2) is 24.7 Å². The number of nitro groups is 1. The molecule has 0 aliphatic rings. The van der Waals surface area contributed by atoms with Gasteiger partial charge in [0.25, 0.3) is 0 Å². The van der Waals surface area contributed by atoms with Gasteiger partial charge in [-0.25, -0.2) is 0 Å². The van der Waals surface area contributed by atoms with Gasteiger partial charge in [-0.1, -0.05) is 0 Å². The number of nitrogens with zero attached hydrogens (tertiary/aromatic N) is 3. The molecular formula is C7H9N5O2. The lowest BCUT2D eigenvalue weighted by Gasteiger charge is -1.82. The highest BCUT2D eigenvalue weighted by Gasteiger charge is 2.09. The van der Waals surface area contributed by atoms with Crippen LogP contribution in [0.5, 0.6) is 0 Å². The number of aromatic nitrogens is 4. The SMILES string of the molecule is Cc1[nH]ncc1[N+](=O)[O-].c1cn[nH]c1. The first-order valence-corrected chi connectivity index (χ1v) is 3.80. The second-order valence-corrected chi connectivity index (χ2v) is 2.40. The van der Waals surface area contributed by atoms with Gasteiger partial charge in [0.2, 0.25) is 0 Å². The Bertz CT molecular complexity index is 363. The van der Waals surface area contributed by atoms with Crippen LogP contribution in [-0.2, 0) is 0 Å². The van der Waals surface area contributed by atoms with Crippen molar-refractivity contribution < 1.29 is 4.92 Å². The molecule has 2 rings (SSSR count). The average Bonchev–Trinajstić information content (AvgIpc) is 2.74. The zero-order valence-corrected chi connectivity index (χ0v) is 7.47. The van der Waals surface area contributed by atoms with Crippen LogP contribution in [-0.4, -0.2) is 25.3 Å². The van der Waals surface area contributed by atoms with Gasteiger partial charge in [-0.05, 0) is 13.0 Å². The predicted molar refractivity (Wildman–Crippen MR) is 48.6 cm³/mol. The van der Waals surface area contributed by atoms with Crippen molar-refractivity contribution in [2.45, 2.75) is 6.92 Å². The van der Waals surface area contributed by atoms with Crippen molar-refractivity contribution in [2.24, 2.45) is 0 Å². The molecule has 2 heterocycles. The molecule has 0 spiro atoms. The summed E-state index contributed by atoms with van der Waals surface area (Å²) >= 11 is 0. The molecule has 0 aliphatic heterocycles. The van der Waals surface area contributed by atoms with Gasteiger partial charge in [0.1, 0.15) is 11.9 Å². The molecule has 0 aliphatic carbocycles. The Hall–Kier alpha value is -2.18. The molecule has 2 aromatic rings. The lowest BCUT2D eigenvalue weighted by Crippen LogP contribution is -1.86. The maximum atomic E-state index is 10.0. The van der Waals surface area contributed by atoms with Crippen LogP contribution in [0.2, 0.25) is 0 Å². The molecule has 74 valence electrons. The quantitative estimate of drug-likeness (QED) is 0.524. The van der Waals surface area contributed by atoms with Crippen LogP contribution in [0, 0.1) is 17.0 Å². The highest BCUT2D eigenvalue weighted by atomic mass is 16.6. The molecule has 0 bridgehead atoms. The van der Waals surface area contributed by atoms with E-state index in [9.17, 15) is 10.1 Å². The summed E-state index contributed by atoms with van der Waals surface area (Å²) in [5, 5.41) is 22.2. The molecule has 2 N–H and O–H groups in total. The summed E-state index contributed by atoms with van der Waals surface area (Å²) in [4.78, 5) is 9.56. The minimum atomic E-state index is -0.473. The van der Waals surface area contributed by atoms with Gasteiger partial charge in [-0.2, -0.15) is 10.2 Å². The van der Waals surface area contributed by atoms with E-state index in [-0.39, 0.29) is 5.69 Å². The number of nitrogens with one attached hydrogen (secondary N) is 2. The van der Waals surface area contributed by atoms with Crippen molar-refractivity contribution >= 4 is 5.69 Å². The van der Waals surface area contributed by atoms with Gasteiger partial charge in [-0.3, -0.25) is 20.3 Å². The van der Waals surface area contributed by atoms with E-state index < -0.39 is 4.92 Å². The third-order valence-electron chi connectivity index (χ3n) is 1.41. The van der Waals surface area contributed by atoms with Crippen LogP contribution in [0.25, 0.3) is 0 Å². The largest absolute Gasteiger partial charge is 0.309 e. The molecule has 0 fully saturated rings. The van der Waals surface area contributed by atoms with Crippen LogP contribution in [0.3, 0.4) is 0 Å². The Kier molecular flexibility index (Phi) is 3.36. The summed E-state index contributed by atoms with van der Waals surface area (Å²) in [6.45, 7) is 1.60. The number of H-pyrrole nitrogens is 2. The number of hydrogen-bond acceptors (Lipinski definition) is 4. The van der Waals surface area contributed by atoms with Gasteiger partial charge in [-0.15, -0.1) is 0 Å². The highest BCUT2D eigenvalue weighted by molar-refractivity contribution is 5.29. The second kappa shape index (κ2) is 4.75. The fourth-order valence-corrected chi connectivity index (χ4v) is 0.744. The fraction of sp³-hybridized carbons (Fsp3) is 0.143. The third-order valence-corrected chi connectivity index (χ3v) is 1.41. The van der Waals surface area contributed by atoms with E-state index in [4.69, 9.17) is 0 Å². The van der Waals surface area contributed by atoms with Crippen molar-refractivity contribution in [2.75, 3.05) is 0 Å². The highest BCUT2D eigenvalue weighted by Crippen LogP contribution is 2.11. The van der Waals surface area contributed by atoms with E-state index >= 15 is 0 Å². The van der Waals surface area contributed by atoms with Gasteiger partial charge < -0.3 is 0 Å². The Morgan fingerprint density at radius 1 is 1.50 bits per heavy atom. The first-order chi connectivity index (χ1) is 6.72. The fourth-order valence-electron chi connectivity index (χ4n) is 0.744. The van der Waals surface area contributed by atoms with Gasteiger partial charge in [0.15, 0.2) is 0 Å².